The van der Waals surface area contributed by atoms with Crippen LogP contribution in [0.1, 0.15) is 19.8 Å². The molecular formula is C13H23N3O3. The van der Waals surface area contributed by atoms with Gasteiger partial charge in [-0.25, -0.2) is 4.79 Å². The average molecular weight is 269 g/mol. The number of carboxylic acid groups (broad SMARTS) is 1. The van der Waals surface area contributed by atoms with Crippen molar-refractivity contribution in [3.8, 4) is 0 Å². The molecule has 0 aromatic heterocycles. The lowest BCUT2D eigenvalue weighted by Gasteiger charge is -2.36. The van der Waals surface area contributed by atoms with E-state index in [2.05, 4.69) is 11.8 Å². The fourth-order valence-corrected chi connectivity index (χ4v) is 2.44. The highest BCUT2D eigenvalue weighted by atomic mass is 16.4. The van der Waals surface area contributed by atoms with E-state index in [4.69, 9.17) is 5.11 Å². The van der Waals surface area contributed by atoms with Gasteiger partial charge in [-0.05, 0) is 25.3 Å². The van der Waals surface area contributed by atoms with Gasteiger partial charge in [0.05, 0.1) is 0 Å². The molecule has 1 heterocycles. The lowest BCUT2D eigenvalue weighted by molar-refractivity contribution is -0.137. The molecule has 0 radical (unpaired) electrons. The molecule has 2 rings (SSSR count). The van der Waals surface area contributed by atoms with Crippen molar-refractivity contribution in [1.29, 1.82) is 0 Å². The lowest BCUT2D eigenvalue weighted by Crippen LogP contribution is -2.53. The van der Waals surface area contributed by atoms with Crippen LogP contribution in [0.15, 0.2) is 0 Å². The summed E-state index contributed by atoms with van der Waals surface area (Å²) in [5.74, 6) is -0.415. The smallest absolute Gasteiger partial charge is 0.323 e. The maximum Gasteiger partial charge on any atom is 0.323 e. The number of hydrogen-bond acceptors (Lipinski definition) is 3. The van der Waals surface area contributed by atoms with Crippen molar-refractivity contribution < 1.29 is 14.7 Å². The van der Waals surface area contributed by atoms with Crippen LogP contribution in [0.5, 0.6) is 0 Å². The molecule has 1 N–H and O–H groups in total. The lowest BCUT2D eigenvalue weighted by atomic mass is 10.3. The minimum Gasteiger partial charge on any atom is -0.480 e. The molecule has 1 aliphatic carbocycles. The second-order valence-electron chi connectivity index (χ2n) is 5.42. The highest BCUT2D eigenvalue weighted by Gasteiger charge is 2.31. The molecule has 0 unspecified atom stereocenters. The summed E-state index contributed by atoms with van der Waals surface area (Å²) >= 11 is 0. The number of carbonyl (C=O) groups is 2. The number of carbonyl (C=O) groups excluding carboxylic acids is 1. The molecule has 0 atom stereocenters. The summed E-state index contributed by atoms with van der Waals surface area (Å²) in [4.78, 5) is 28.8. The second kappa shape index (κ2) is 6.23. The molecule has 1 aliphatic heterocycles. The maximum absolute atomic E-state index is 12.4. The molecule has 0 aromatic carbocycles. The van der Waals surface area contributed by atoms with Crippen molar-refractivity contribution in [2.75, 3.05) is 45.8 Å². The Kier molecular flexibility index (Phi) is 4.63. The van der Waals surface area contributed by atoms with Crippen molar-refractivity contribution in [2.45, 2.75) is 19.8 Å². The number of carboxylic acids is 1. The second-order valence-corrected chi connectivity index (χ2v) is 5.42. The quantitative estimate of drug-likeness (QED) is 0.791. The van der Waals surface area contributed by atoms with Crippen LogP contribution in [-0.4, -0.2) is 77.6 Å². The van der Waals surface area contributed by atoms with E-state index in [1.807, 2.05) is 0 Å². The molecule has 2 amide bonds. The van der Waals surface area contributed by atoms with Gasteiger partial charge in [-0.3, -0.25) is 4.79 Å². The molecular weight excluding hydrogens is 246 g/mol. The Bertz CT molecular complexity index is 336. The van der Waals surface area contributed by atoms with Gasteiger partial charge in [0.2, 0.25) is 0 Å². The third-order valence-corrected chi connectivity index (χ3v) is 3.86. The molecule has 0 aromatic rings. The average Bonchev–Trinajstić information content (AvgIpc) is 3.21. The van der Waals surface area contributed by atoms with Gasteiger partial charge < -0.3 is 19.8 Å². The number of likely N-dealkylation sites (N-methyl/N-ethyl adjacent to an activating group) is 1. The largest absolute Gasteiger partial charge is 0.480 e. The molecule has 1 saturated carbocycles. The number of nitrogens with zero attached hydrogens (tertiary/aromatic N) is 3. The predicted molar refractivity (Wildman–Crippen MR) is 71.0 cm³/mol. The van der Waals surface area contributed by atoms with Crippen LogP contribution in [0.2, 0.25) is 0 Å². The Hall–Kier alpha value is -1.30. The monoisotopic (exact) mass is 269 g/mol. The van der Waals surface area contributed by atoms with Gasteiger partial charge >= 0.3 is 12.0 Å². The summed E-state index contributed by atoms with van der Waals surface area (Å²) in [6.07, 6.45) is 2.24. The zero-order valence-corrected chi connectivity index (χ0v) is 11.5. The third-order valence-electron chi connectivity index (χ3n) is 3.86. The molecule has 6 heteroatoms. The predicted octanol–water partition coefficient (Wildman–Crippen LogP) is 0.540. The Labute approximate surface area is 114 Å². The van der Waals surface area contributed by atoms with E-state index >= 15 is 0 Å². The van der Waals surface area contributed by atoms with Crippen molar-refractivity contribution in [1.82, 2.24) is 14.7 Å². The first kappa shape index (κ1) is 14.1. The highest BCUT2D eigenvalue weighted by Crippen LogP contribution is 2.30. The van der Waals surface area contributed by atoms with Gasteiger partial charge in [0.15, 0.2) is 0 Å². The van der Waals surface area contributed by atoms with E-state index in [-0.39, 0.29) is 12.6 Å². The summed E-state index contributed by atoms with van der Waals surface area (Å²) in [6.45, 7) is 6.70. The standard InChI is InChI=1S/C13H23N3O3/c1-2-14-5-7-15(8-6-14)13(19)16(10-12(17)18)9-11-3-4-11/h11H,2-10H2,1H3,(H,17,18). The zero-order valence-electron chi connectivity index (χ0n) is 11.5. The van der Waals surface area contributed by atoms with E-state index in [0.29, 0.717) is 25.6 Å². The first-order valence-corrected chi connectivity index (χ1v) is 7.08. The normalized spacial score (nSPS) is 20.4. The molecule has 108 valence electrons. The van der Waals surface area contributed by atoms with Crippen LogP contribution in [0.3, 0.4) is 0 Å². The molecule has 2 aliphatic rings. The van der Waals surface area contributed by atoms with Gasteiger partial charge in [0.25, 0.3) is 0 Å². The highest BCUT2D eigenvalue weighted by molar-refractivity contribution is 5.80. The topological polar surface area (TPSA) is 64.1 Å². The van der Waals surface area contributed by atoms with Crippen LogP contribution in [0.4, 0.5) is 4.79 Å². The maximum atomic E-state index is 12.4. The van der Waals surface area contributed by atoms with E-state index < -0.39 is 5.97 Å². The summed E-state index contributed by atoms with van der Waals surface area (Å²) < 4.78 is 0. The molecule has 1 saturated heterocycles. The number of hydrogen-bond donors (Lipinski definition) is 1. The Balaban J connectivity index is 1.88. The Morgan fingerprint density at radius 2 is 1.84 bits per heavy atom. The van der Waals surface area contributed by atoms with Crippen LogP contribution >= 0.6 is 0 Å². The minimum atomic E-state index is -0.929. The van der Waals surface area contributed by atoms with Gasteiger partial charge in [0.1, 0.15) is 6.54 Å². The number of piperazine rings is 1. The van der Waals surface area contributed by atoms with Gasteiger partial charge in [-0.2, -0.15) is 0 Å². The number of amides is 2. The zero-order chi connectivity index (χ0) is 13.8. The summed E-state index contributed by atoms with van der Waals surface area (Å²) in [5.41, 5.74) is 0. The van der Waals surface area contributed by atoms with Crippen LogP contribution in [0.25, 0.3) is 0 Å². The first-order valence-electron chi connectivity index (χ1n) is 7.08. The van der Waals surface area contributed by atoms with Crippen LogP contribution in [-0.2, 0) is 4.79 Å². The third kappa shape index (κ3) is 4.09. The minimum absolute atomic E-state index is 0.106. The van der Waals surface area contributed by atoms with Gasteiger partial charge in [0, 0.05) is 32.7 Å². The van der Waals surface area contributed by atoms with E-state index in [0.717, 1.165) is 32.5 Å². The van der Waals surface area contributed by atoms with Gasteiger partial charge in [-0.15, -0.1) is 0 Å². The molecule has 0 bridgehead atoms. The molecule has 19 heavy (non-hydrogen) atoms. The van der Waals surface area contributed by atoms with Crippen molar-refractivity contribution in [3.63, 3.8) is 0 Å². The molecule has 6 nitrogen and oxygen atoms in total. The number of rotatable bonds is 5. The summed E-state index contributed by atoms with van der Waals surface area (Å²) in [7, 11) is 0. The van der Waals surface area contributed by atoms with Crippen LogP contribution < -0.4 is 0 Å². The fourth-order valence-electron chi connectivity index (χ4n) is 2.44. The van der Waals surface area contributed by atoms with E-state index in [9.17, 15) is 9.59 Å². The molecule has 2 fully saturated rings. The van der Waals surface area contributed by atoms with Crippen LogP contribution in [0, 0.1) is 5.92 Å². The fraction of sp³-hybridized carbons (Fsp3) is 0.846. The SMILES string of the molecule is CCN1CCN(C(=O)N(CC(=O)O)CC2CC2)CC1. The van der Waals surface area contributed by atoms with E-state index in [1.165, 1.54) is 4.90 Å². The van der Waals surface area contributed by atoms with Gasteiger partial charge in [-0.1, -0.05) is 6.92 Å². The summed E-state index contributed by atoms with van der Waals surface area (Å²) in [6, 6.07) is -0.106. The number of urea groups is 1. The van der Waals surface area contributed by atoms with Crippen molar-refractivity contribution >= 4 is 12.0 Å². The number of aliphatic carboxylic acids is 1. The molecule has 0 spiro atoms. The Morgan fingerprint density at radius 1 is 1.21 bits per heavy atom. The van der Waals surface area contributed by atoms with E-state index in [1.54, 1.807) is 4.90 Å². The Morgan fingerprint density at radius 3 is 2.32 bits per heavy atom. The van der Waals surface area contributed by atoms with Crippen molar-refractivity contribution in [3.05, 3.63) is 0 Å². The first-order chi connectivity index (χ1) is 9.10. The summed E-state index contributed by atoms with van der Waals surface area (Å²) in [5, 5.41) is 8.92. The van der Waals surface area contributed by atoms with Crippen molar-refractivity contribution in [2.24, 2.45) is 5.92 Å².